The van der Waals surface area contributed by atoms with Crippen LogP contribution in [-0.2, 0) is 12.1 Å². The lowest BCUT2D eigenvalue weighted by Gasteiger charge is -2.28. The highest BCUT2D eigenvalue weighted by atomic mass is 16.5. The predicted octanol–water partition coefficient (Wildman–Crippen LogP) is 4.90. The van der Waals surface area contributed by atoms with Crippen LogP contribution in [0.2, 0.25) is 0 Å². The fraction of sp³-hybridized carbons (Fsp3) is 0.250. The zero-order chi connectivity index (χ0) is 23.1. The molecule has 1 N–H and O–H groups in total. The molecule has 168 valence electrons. The molecule has 0 amide bonds. The minimum Gasteiger partial charge on any atom is -0.488 e. The molecule has 1 aliphatic carbocycles. The first-order chi connectivity index (χ1) is 15.9. The molecule has 5 rings (SSSR count). The number of benzene rings is 3. The molecule has 0 spiro atoms. The number of likely N-dealkylation sites (N-methyl/N-ethyl adjacent to an activating group) is 1. The van der Waals surface area contributed by atoms with E-state index in [4.69, 9.17) is 9.15 Å². The van der Waals surface area contributed by atoms with Crippen molar-refractivity contribution in [1.29, 1.82) is 0 Å². The smallest absolute Gasteiger partial charge is 0.236 e. The van der Waals surface area contributed by atoms with Crippen LogP contribution in [-0.4, -0.2) is 41.8 Å². The van der Waals surface area contributed by atoms with Crippen LogP contribution < -0.4 is 4.74 Å². The molecule has 5 nitrogen and oxygen atoms in total. The van der Waals surface area contributed by atoms with Crippen LogP contribution >= 0.6 is 0 Å². The van der Waals surface area contributed by atoms with Crippen molar-refractivity contribution in [2.24, 2.45) is 0 Å². The van der Waals surface area contributed by atoms with Gasteiger partial charge in [-0.3, -0.25) is 0 Å². The van der Waals surface area contributed by atoms with Crippen LogP contribution in [0.1, 0.15) is 28.3 Å². The third-order valence-electron chi connectivity index (χ3n) is 6.33. The van der Waals surface area contributed by atoms with Gasteiger partial charge in [-0.05, 0) is 35.7 Å². The Morgan fingerprint density at radius 1 is 0.939 bits per heavy atom. The van der Waals surface area contributed by atoms with Crippen LogP contribution in [0.4, 0.5) is 0 Å². The maximum absolute atomic E-state index is 11.9. The molecule has 1 aliphatic rings. The average Bonchev–Trinajstić information content (AvgIpc) is 3.36. The second kappa shape index (κ2) is 8.18. The van der Waals surface area contributed by atoms with Crippen molar-refractivity contribution in [2.75, 3.05) is 27.2 Å². The summed E-state index contributed by atoms with van der Waals surface area (Å²) in [5.74, 6) is 1.93. The molecule has 0 atom stereocenters. The monoisotopic (exact) mass is 441 g/mol. The van der Waals surface area contributed by atoms with E-state index >= 15 is 0 Å². The molecule has 33 heavy (non-hydrogen) atoms. The van der Waals surface area contributed by atoms with Gasteiger partial charge in [0, 0.05) is 11.1 Å². The van der Waals surface area contributed by atoms with E-state index in [-0.39, 0.29) is 0 Å². The summed E-state index contributed by atoms with van der Waals surface area (Å²) in [6.45, 7) is 4.11. The van der Waals surface area contributed by atoms with Crippen molar-refractivity contribution in [2.45, 2.75) is 19.1 Å². The zero-order valence-electron chi connectivity index (χ0n) is 19.3. The Balaban J connectivity index is 1.34. The van der Waals surface area contributed by atoms with E-state index < -0.39 is 5.60 Å². The van der Waals surface area contributed by atoms with Crippen molar-refractivity contribution < 1.29 is 18.7 Å². The Hall–Kier alpha value is -3.41. The maximum atomic E-state index is 11.9. The lowest BCUT2D eigenvalue weighted by Crippen LogP contribution is -2.41. The first-order valence-electron chi connectivity index (χ1n) is 11.3. The van der Waals surface area contributed by atoms with E-state index in [1.54, 1.807) is 6.20 Å². The fourth-order valence-corrected chi connectivity index (χ4v) is 4.61. The van der Waals surface area contributed by atoms with Crippen molar-refractivity contribution in [3.05, 3.63) is 107 Å². The molecule has 0 fully saturated rings. The van der Waals surface area contributed by atoms with Gasteiger partial charge < -0.3 is 18.7 Å². The van der Waals surface area contributed by atoms with E-state index in [0.29, 0.717) is 23.5 Å². The summed E-state index contributed by atoms with van der Waals surface area (Å²) < 4.78 is 12.8. The Kier molecular flexibility index (Phi) is 5.31. The lowest BCUT2D eigenvalue weighted by atomic mass is 9.91. The van der Waals surface area contributed by atoms with Crippen LogP contribution in [0.15, 0.2) is 83.4 Å². The quantitative estimate of drug-likeness (QED) is 0.415. The molecule has 5 heteroatoms. The standard InChI is InChI=1S/C28H29N2O3/c1-20-9-8-10-21(17-20)32-16-15-30(2,3)19-22-18-29-27(33-22)28(31)25-13-6-4-11-23(25)24-12-5-7-14-26(24)28/h4-14,17-18,31H,15-16,19H2,1-3H3/q+1. The van der Waals surface area contributed by atoms with Gasteiger partial charge in [0.05, 0.1) is 20.3 Å². The Morgan fingerprint density at radius 3 is 2.27 bits per heavy atom. The average molecular weight is 442 g/mol. The summed E-state index contributed by atoms with van der Waals surface area (Å²) in [4.78, 5) is 4.53. The number of quaternary nitrogens is 1. The molecule has 1 aromatic heterocycles. The van der Waals surface area contributed by atoms with Gasteiger partial charge in [-0.25, -0.2) is 4.98 Å². The summed E-state index contributed by atoms with van der Waals surface area (Å²) in [5.41, 5.74) is 3.43. The maximum Gasteiger partial charge on any atom is 0.236 e. The molecule has 0 unspecified atom stereocenters. The van der Waals surface area contributed by atoms with Crippen LogP contribution in [0, 0.1) is 6.92 Å². The number of rotatable bonds is 7. The van der Waals surface area contributed by atoms with Crippen LogP contribution in [0.5, 0.6) is 5.75 Å². The van der Waals surface area contributed by atoms with Crippen molar-refractivity contribution in [1.82, 2.24) is 4.98 Å². The Bertz CT molecular complexity index is 1250. The fourth-order valence-electron chi connectivity index (χ4n) is 4.61. The number of oxazole rings is 1. The van der Waals surface area contributed by atoms with E-state index in [1.165, 1.54) is 5.56 Å². The lowest BCUT2D eigenvalue weighted by molar-refractivity contribution is -0.904. The zero-order valence-corrected chi connectivity index (χ0v) is 19.3. The van der Waals surface area contributed by atoms with Gasteiger partial charge in [-0.2, -0.15) is 0 Å². The topological polar surface area (TPSA) is 55.5 Å². The van der Waals surface area contributed by atoms with Gasteiger partial charge in [0.2, 0.25) is 5.89 Å². The molecule has 0 saturated carbocycles. The SMILES string of the molecule is Cc1cccc(OCC[N+](C)(C)Cc2cnc(C3(O)c4ccccc4-c4ccccc43)o2)c1. The minimum atomic E-state index is -1.39. The largest absolute Gasteiger partial charge is 0.488 e. The Labute approximate surface area is 194 Å². The normalized spacial score (nSPS) is 14.1. The molecular weight excluding hydrogens is 412 g/mol. The third-order valence-corrected chi connectivity index (χ3v) is 6.33. The molecule has 3 aromatic carbocycles. The molecular formula is C28H29N2O3+. The number of ether oxygens (including phenoxy) is 1. The second-order valence-electron chi connectivity index (χ2n) is 9.42. The van der Waals surface area contributed by atoms with E-state index in [2.05, 4.69) is 32.1 Å². The predicted molar refractivity (Wildman–Crippen MR) is 128 cm³/mol. The first kappa shape index (κ1) is 21.4. The second-order valence-corrected chi connectivity index (χ2v) is 9.42. The third kappa shape index (κ3) is 3.94. The van der Waals surface area contributed by atoms with Gasteiger partial charge in [-0.1, -0.05) is 60.7 Å². The highest BCUT2D eigenvalue weighted by Gasteiger charge is 2.46. The van der Waals surface area contributed by atoms with E-state index in [0.717, 1.165) is 40.3 Å². The van der Waals surface area contributed by atoms with E-state index in [9.17, 15) is 5.11 Å². The van der Waals surface area contributed by atoms with Gasteiger partial charge in [0.15, 0.2) is 11.4 Å². The summed E-state index contributed by atoms with van der Waals surface area (Å²) in [5, 5.41) is 11.9. The number of hydrogen-bond donors (Lipinski definition) is 1. The summed E-state index contributed by atoms with van der Waals surface area (Å²) >= 11 is 0. The highest BCUT2D eigenvalue weighted by molar-refractivity contribution is 5.81. The number of aromatic nitrogens is 1. The summed E-state index contributed by atoms with van der Waals surface area (Å²) in [7, 11) is 4.27. The molecule has 0 bridgehead atoms. The molecule has 0 saturated heterocycles. The number of aryl methyl sites for hydroxylation is 1. The van der Waals surface area contributed by atoms with Gasteiger partial charge >= 0.3 is 0 Å². The molecule has 0 radical (unpaired) electrons. The molecule has 1 heterocycles. The summed E-state index contributed by atoms with van der Waals surface area (Å²) in [6.07, 6.45) is 1.73. The van der Waals surface area contributed by atoms with Gasteiger partial charge in [-0.15, -0.1) is 0 Å². The molecule has 4 aromatic rings. The number of hydrogen-bond acceptors (Lipinski definition) is 4. The van der Waals surface area contributed by atoms with Gasteiger partial charge in [0.25, 0.3) is 0 Å². The number of fused-ring (bicyclic) bond motifs is 3. The van der Waals surface area contributed by atoms with Crippen molar-refractivity contribution in [3.63, 3.8) is 0 Å². The molecule has 0 aliphatic heterocycles. The minimum absolute atomic E-state index is 0.311. The van der Waals surface area contributed by atoms with Crippen molar-refractivity contribution >= 4 is 0 Å². The summed E-state index contributed by atoms with van der Waals surface area (Å²) in [6, 6.07) is 23.9. The van der Waals surface area contributed by atoms with Crippen LogP contribution in [0.3, 0.4) is 0 Å². The number of nitrogens with zero attached hydrogens (tertiary/aromatic N) is 2. The van der Waals surface area contributed by atoms with Gasteiger partial charge in [0.1, 0.15) is 25.4 Å². The highest BCUT2D eigenvalue weighted by Crippen LogP contribution is 2.50. The Morgan fingerprint density at radius 2 is 1.61 bits per heavy atom. The van der Waals surface area contributed by atoms with E-state index in [1.807, 2.05) is 66.7 Å². The number of aliphatic hydroxyl groups is 1. The van der Waals surface area contributed by atoms with Crippen molar-refractivity contribution in [3.8, 4) is 16.9 Å². The van der Waals surface area contributed by atoms with Crippen LogP contribution in [0.25, 0.3) is 11.1 Å². The first-order valence-corrected chi connectivity index (χ1v) is 11.3.